The number of nitrogens with two attached hydrogens (primary N) is 1. The highest BCUT2D eigenvalue weighted by atomic mass is 16.5. The van der Waals surface area contributed by atoms with Crippen molar-refractivity contribution in [1.29, 1.82) is 0 Å². The molecule has 0 radical (unpaired) electrons. The van der Waals surface area contributed by atoms with E-state index in [9.17, 15) is 4.79 Å². The maximum Gasteiger partial charge on any atom is 0.255 e. The number of unbranched alkanes of at least 4 members (excludes halogenated alkanes) is 2. The molecule has 19 heavy (non-hydrogen) atoms. The first kappa shape index (κ1) is 15.1. The van der Waals surface area contributed by atoms with Gasteiger partial charge in [-0.15, -0.1) is 12.3 Å². The van der Waals surface area contributed by atoms with Crippen LogP contribution < -0.4 is 15.8 Å². The van der Waals surface area contributed by atoms with Crippen molar-refractivity contribution in [1.82, 2.24) is 5.32 Å². The van der Waals surface area contributed by atoms with E-state index in [4.69, 9.17) is 16.9 Å². The van der Waals surface area contributed by atoms with Crippen LogP contribution in [-0.4, -0.2) is 19.1 Å². The van der Waals surface area contributed by atoms with Crippen molar-refractivity contribution in [2.75, 3.05) is 13.2 Å². The largest absolute Gasteiger partial charge is 0.484 e. The summed E-state index contributed by atoms with van der Waals surface area (Å²) in [6.07, 6.45) is 8.17. The van der Waals surface area contributed by atoms with Crippen molar-refractivity contribution < 1.29 is 9.53 Å². The molecule has 0 heterocycles. The monoisotopic (exact) mass is 260 g/mol. The number of primary amides is 1. The van der Waals surface area contributed by atoms with Gasteiger partial charge in [0.1, 0.15) is 5.75 Å². The number of benzene rings is 1. The van der Waals surface area contributed by atoms with E-state index in [1.165, 1.54) is 5.56 Å². The van der Waals surface area contributed by atoms with Gasteiger partial charge < -0.3 is 15.8 Å². The van der Waals surface area contributed by atoms with Gasteiger partial charge in [0.2, 0.25) is 0 Å². The van der Waals surface area contributed by atoms with Gasteiger partial charge in [0.05, 0.1) is 0 Å². The number of hydrogen-bond acceptors (Lipinski definition) is 3. The normalized spacial score (nSPS) is 9.84. The molecule has 0 aliphatic carbocycles. The summed E-state index contributed by atoms with van der Waals surface area (Å²) in [7, 11) is 0. The van der Waals surface area contributed by atoms with Gasteiger partial charge in [-0.1, -0.05) is 12.1 Å². The Kier molecular flexibility index (Phi) is 7.14. The maximum absolute atomic E-state index is 10.6. The lowest BCUT2D eigenvalue weighted by Crippen LogP contribution is -2.20. The molecule has 0 unspecified atom stereocenters. The zero-order valence-electron chi connectivity index (χ0n) is 11.0. The number of hydrogen-bond donors (Lipinski definition) is 2. The van der Waals surface area contributed by atoms with Crippen LogP contribution in [-0.2, 0) is 11.3 Å². The Morgan fingerprint density at radius 1 is 1.32 bits per heavy atom. The summed E-state index contributed by atoms with van der Waals surface area (Å²) in [6.45, 7) is 1.68. The number of ether oxygens (including phenoxy) is 1. The molecule has 1 rings (SSSR count). The van der Waals surface area contributed by atoms with Crippen molar-refractivity contribution in [2.24, 2.45) is 5.73 Å². The predicted octanol–water partition coefficient (Wildman–Crippen LogP) is 1.44. The van der Waals surface area contributed by atoms with E-state index in [0.717, 1.165) is 32.4 Å². The summed E-state index contributed by atoms with van der Waals surface area (Å²) < 4.78 is 5.18. The van der Waals surface area contributed by atoms with Crippen LogP contribution in [0.25, 0.3) is 0 Å². The third-order valence-corrected chi connectivity index (χ3v) is 2.56. The highest BCUT2D eigenvalue weighted by Gasteiger charge is 1.98. The highest BCUT2D eigenvalue weighted by Crippen LogP contribution is 2.11. The average Bonchev–Trinajstić information content (AvgIpc) is 2.41. The van der Waals surface area contributed by atoms with Crippen LogP contribution >= 0.6 is 0 Å². The number of amides is 1. The molecule has 0 aliphatic heterocycles. The standard InChI is InChI=1S/C15H20N2O2/c1-2-3-4-5-10-17-11-13-6-8-14(9-7-13)19-12-15(16)18/h1,6-9,17H,3-5,10-12H2,(H2,16,18). The first-order chi connectivity index (χ1) is 9.22. The minimum Gasteiger partial charge on any atom is -0.484 e. The van der Waals surface area contributed by atoms with Crippen LogP contribution in [0.5, 0.6) is 5.75 Å². The maximum atomic E-state index is 10.6. The lowest BCUT2D eigenvalue weighted by atomic mass is 10.2. The quantitative estimate of drug-likeness (QED) is 0.521. The summed E-state index contributed by atoms with van der Waals surface area (Å²) in [4.78, 5) is 10.6. The van der Waals surface area contributed by atoms with Gasteiger partial charge in [-0.2, -0.15) is 0 Å². The first-order valence-corrected chi connectivity index (χ1v) is 6.36. The fourth-order valence-electron chi connectivity index (χ4n) is 1.57. The Hall–Kier alpha value is -1.99. The molecular weight excluding hydrogens is 240 g/mol. The molecule has 1 amide bonds. The molecule has 0 atom stereocenters. The van der Waals surface area contributed by atoms with Gasteiger partial charge in [-0.05, 0) is 37.1 Å². The van der Waals surface area contributed by atoms with Gasteiger partial charge in [0.25, 0.3) is 5.91 Å². The fourth-order valence-corrected chi connectivity index (χ4v) is 1.57. The van der Waals surface area contributed by atoms with Gasteiger partial charge in [0, 0.05) is 13.0 Å². The lowest BCUT2D eigenvalue weighted by Gasteiger charge is -2.06. The number of nitrogens with one attached hydrogen (secondary N) is 1. The lowest BCUT2D eigenvalue weighted by molar-refractivity contribution is -0.119. The summed E-state index contributed by atoms with van der Waals surface area (Å²) in [5.41, 5.74) is 6.17. The van der Waals surface area contributed by atoms with E-state index >= 15 is 0 Å². The zero-order chi connectivity index (χ0) is 13.9. The molecule has 0 aromatic heterocycles. The topological polar surface area (TPSA) is 64.3 Å². The molecular formula is C15H20N2O2. The first-order valence-electron chi connectivity index (χ1n) is 6.36. The third kappa shape index (κ3) is 7.12. The van der Waals surface area contributed by atoms with E-state index in [1.54, 1.807) is 0 Å². The van der Waals surface area contributed by atoms with Crippen LogP contribution in [0, 0.1) is 12.3 Å². The molecule has 3 N–H and O–H groups in total. The Bertz CT molecular complexity index is 421. The highest BCUT2D eigenvalue weighted by molar-refractivity contribution is 5.75. The Morgan fingerprint density at radius 3 is 2.68 bits per heavy atom. The minimum atomic E-state index is -0.474. The zero-order valence-corrected chi connectivity index (χ0v) is 11.0. The van der Waals surface area contributed by atoms with Crippen molar-refractivity contribution in [2.45, 2.75) is 25.8 Å². The minimum absolute atomic E-state index is 0.0905. The fraction of sp³-hybridized carbons (Fsp3) is 0.400. The van der Waals surface area contributed by atoms with Crippen molar-refractivity contribution >= 4 is 5.91 Å². The van der Waals surface area contributed by atoms with Gasteiger partial charge in [0.15, 0.2) is 6.61 Å². The van der Waals surface area contributed by atoms with E-state index in [-0.39, 0.29) is 6.61 Å². The van der Waals surface area contributed by atoms with E-state index < -0.39 is 5.91 Å². The van der Waals surface area contributed by atoms with Gasteiger partial charge in [-0.3, -0.25) is 4.79 Å². The smallest absolute Gasteiger partial charge is 0.255 e. The van der Waals surface area contributed by atoms with Crippen molar-refractivity contribution in [3.05, 3.63) is 29.8 Å². The Balaban J connectivity index is 2.21. The average molecular weight is 260 g/mol. The van der Waals surface area contributed by atoms with Gasteiger partial charge >= 0.3 is 0 Å². The number of carbonyl (C=O) groups is 1. The molecule has 102 valence electrons. The molecule has 0 aliphatic rings. The third-order valence-electron chi connectivity index (χ3n) is 2.56. The Morgan fingerprint density at radius 2 is 2.05 bits per heavy atom. The van der Waals surface area contributed by atoms with E-state index in [2.05, 4.69) is 11.2 Å². The molecule has 0 spiro atoms. The molecule has 0 saturated heterocycles. The second-order valence-electron chi connectivity index (χ2n) is 4.24. The summed E-state index contributed by atoms with van der Waals surface area (Å²) in [5, 5.41) is 3.35. The molecule has 1 aromatic carbocycles. The SMILES string of the molecule is C#CCCCCNCc1ccc(OCC(N)=O)cc1. The van der Waals surface area contributed by atoms with Crippen LogP contribution in [0.3, 0.4) is 0 Å². The van der Waals surface area contributed by atoms with E-state index in [0.29, 0.717) is 5.75 Å². The number of rotatable bonds is 9. The molecule has 4 heteroatoms. The molecule has 0 saturated carbocycles. The molecule has 0 fully saturated rings. The summed E-state index contributed by atoms with van der Waals surface area (Å²) in [5.74, 6) is 2.80. The molecule has 4 nitrogen and oxygen atoms in total. The molecule has 0 bridgehead atoms. The summed E-state index contributed by atoms with van der Waals surface area (Å²) in [6, 6.07) is 7.59. The van der Waals surface area contributed by atoms with Crippen LogP contribution in [0.4, 0.5) is 0 Å². The summed E-state index contributed by atoms with van der Waals surface area (Å²) >= 11 is 0. The second kappa shape index (κ2) is 9.01. The van der Waals surface area contributed by atoms with Gasteiger partial charge in [-0.25, -0.2) is 0 Å². The Labute approximate surface area is 114 Å². The van der Waals surface area contributed by atoms with Crippen LogP contribution in [0.2, 0.25) is 0 Å². The second-order valence-corrected chi connectivity index (χ2v) is 4.24. The number of carbonyl (C=O) groups excluding carboxylic acids is 1. The molecule has 1 aromatic rings. The van der Waals surface area contributed by atoms with Crippen LogP contribution in [0.1, 0.15) is 24.8 Å². The predicted molar refractivity (Wildman–Crippen MR) is 75.5 cm³/mol. The van der Waals surface area contributed by atoms with Crippen molar-refractivity contribution in [3.8, 4) is 18.1 Å². The van der Waals surface area contributed by atoms with Crippen LogP contribution in [0.15, 0.2) is 24.3 Å². The van der Waals surface area contributed by atoms with E-state index in [1.807, 2.05) is 24.3 Å². The number of terminal acetylenes is 1. The van der Waals surface area contributed by atoms with Crippen molar-refractivity contribution in [3.63, 3.8) is 0 Å².